The fourth-order valence-corrected chi connectivity index (χ4v) is 3.57. The molecule has 0 amide bonds. The average Bonchev–Trinajstić information content (AvgIpc) is 2.82. The topological polar surface area (TPSA) is 40.5 Å². The maximum atomic E-state index is 11.1. The number of carbonyl (C=O) groups is 1. The van der Waals surface area contributed by atoms with Gasteiger partial charge in [-0.3, -0.25) is 0 Å². The molecular weight excluding hydrogens is 338 g/mol. The Morgan fingerprint density at radius 2 is 2.15 bits per heavy atom. The van der Waals surface area contributed by atoms with E-state index in [0.717, 1.165) is 29.5 Å². The molecule has 1 N–H and O–H groups in total. The van der Waals surface area contributed by atoms with Crippen LogP contribution in [0.3, 0.4) is 0 Å². The van der Waals surface area contributed by atoms with E-state index in [1.165, 1.54) is 4.88 Å². The van der Waals surface area contributed by atoms with Gasteiger partial charge in [0.25, 0.3) is 0 Å². The largest absolute Gasteiger partial charge is 0.478 e. The van der Waals surface area contributed by atoms with E-state index in [1.54, 1.807) is 23.5 Å². The molecule has 0 fully saturated rings. The molecule has 0 spiro atoms. The number of carboxylic acids is 1. The zero-order valence-electron chi connectivity index (χ0n) is 11.2. The minimum atomic E-state index is -0.856. The van der Waals surface area contributed by atoms with Gasteiger partial charge >= 0.3 is 5.97 Å². The van der Waals surface area contributed by atoms with Crippen molar-refractivity contribution in [2.75, 3.05) is 13.6 Å². The standard InChI is InChI=1S/C15H16BrNO2S/c1-17(9-13-8-12(16)10-20-13)7-6-11-4-2-3-5-14(11)15(18)19/h2-5,8,10H,6-7,9H2,1H3,(H,18,19). The molecule has 0 aliphatic heterocycles. The van der Waals surface area contributed by atoms with Gasteiger partial charge < -0.3 is 10.0 Å². The van der Waals surface area contributed by atoms with Crippen LogP contribution in [0.15, 0.2) is 40.2 Å². The summed E-state index contributed by atoms with van der Waals surface area (Å²) < 4.78 is 1.11. The number of thiophene rings is 1. The SMILES string of the molecule is CN(CCc1ccccc1C(=O)O)Cc1cc(Br)cs1. The Morgan fingerprint density at radius 1 is 1.40 bits per heavy atom. The molecule has 106 valence electrons. The van der Waals surface area contributed by atoms with Gasteiger partial charge in [-0.2, -0.15) is 0 Å². The van der Waals surface area contributed by atoms with Crippen molar-refractivity contribution in [3.63, 3.8) is 0 Å². The first-order valence-electron chi connectivity index (χ1n) is 6.29. The molecule has 0 radical (unpaired) electrons. The molecule has 2 rings (SSSR count). The summed E-state index contributed by atoms with van der Waals surface area (Å²) in [6, 6.07) is 9.32. The van der Waals surface area contributed by atoms with Gasteiger partial charge in [0.05, 0.1) is 5.56 Å². The van der Waals surface area contributed by atoms with Gasteiger partial charge in [-0.05, 0) is 47.1 Å². The summed E-state index contributed by atoms with van der Waals surface area (Å²) in [7, 11) is 2.05. The van der Waals surface area contributed by atoms with Crippen molar-refractivity contribution in [1.29, 1.82) is 0 Å². The zero-order chi connectivity index (χ0) is 14.5. The fourth-order valence-electron chi connectivity index (χ4n) is 2.04. The van der Waals surface area contributed by atoms with E-state index in [9.17, 15) is 4.79 Å². The minimum Gasteiger partial charge on any atom is -0.478 e. The molecule has 1 aromatic carbocycles. The van der Waals surface area contributed by atoms with E-state index in [0.29, 0.717) is 5.56 Å². The second kappa shape index (κ2) is 7.02. The molecule has 0 saturated carbocycles. The monoisotopic (exact) mass is 353 g/mol. The lowest BCUT2D eigenvalue weighted by Crippen LogP contribution is -2.21. The van der Waals surface area contributed by atoms with E-state index < -0.39 is 5.97 Å². The molecule has 1 aromatic heterocycles. The molecule has 2 aromatic rings. The van der Waals surface area contributed by atoms with Crippen LogP contribution in [0, 0.1) is 0 Å². The molecular formula is C15H16BrNO2S. The molecule has 20 heavy (non-hydrogen) atoms. The molecule has 1 heterocycles. The highest BCUT2D eigenvalue weighted by atomic mass is 79.9. The van der Waals surface area contributed by atoms with Crippen LogP contribution in [0.25, 0.3) is 0 Å². The van der Waals surface area contributed by atoms with Crippen LogP contribution < -0.4 is 0 Å². The van der Waals surface area contributed by atoms with E-state index >= 15 is 0 Å². The van der Waals surface area contributed by atoms with Gasteiger partial charge in [-0.15, -0.1) is 11.3 Å². The highest BCUT2D eigenvalue weighted by Crippen LogP contribution is 2.21. The number of carboxylic acid groups (broad SMARTS) is 1. The van der Waals surface area contributed by atoms with Crippen molar-refractivity contribution in [2.45, 2.75) is 13.0 Å². The maximum Gasteiger partial charge on any atom is 0.335 e. The fraction of sp³-hybridized carbons (Fsp3) is 0.267. The Morgan fingerprint density at radius 3 is 2.80 bits per heavy atom. The number of halogens is 1. The summed E-state index contributed by atoms with van der Waals surface area (Å²) in [6.45, 7) is 1.71. The molecule has 0 saturated heterocycles. The van der Waals surface area contributed by atoms with Gasteiger partial charge in [0.1, 0.15) is 0 Å². The first-order valence-corrected chi connectivity index (χ1v) is 7.96. The van der Waals surface area contributed by atoms with Crippen molar-refractivity contribution in [3.8, 4) is 0 Å². The lowest BCUT2D eigenvalue weighted by molar-refractivity contribution is 0.0695. The predicted molar refractivity (Wildman–Crippen MR) is 85.5 cm³/mol. The van der Waals surface area contributed by atoms with Gasteiger partial charge in [0, 0.05) is 27.8 Å². The highest BCUT2D eigenvalue weighted by molar-refractivity contribution is 9.10. The Labute approximate surface area is 131 Å². The van der Waals surface area contributed by atoms with Crippen LogP contribution in [-0.4, -0.2) is 29.6 Å². The Balaban J connectivity index is 1.93. The number of hydrogen-bond donors (Lipinski definition) is 1. The van der Waals surface area contributed by atoms with E-state index in [2.05, 4.69) is 39.3 Å². The second-order valence-electron chi connectivity index (χ2n) is 4.68. The van der Waals surface area contributed by atoms with Crippen molar-refractivity contribution in [3.05, 3.63) is 56.2 Å². The third-order valence-corrected chi connectivity index (χ3v) is 4.74. The number of likely N-dealkylation sites (N-methyl/N-ethyl adjacent to an activating group) is 1. The quantitative estimate of drug-likeness (QED) is 0.856. The van der Waals surface area contributed by atoms with Crippen LogP contribution in [0.2, 0.25) is 0 Å². The highest BCUT2D eigenvalue weighted by Gasteiger charge is 2.10. The van der Waals surface area contributed by atoms with E-state index in [-0.39, 0.29) is 0 Å². The molecule has 0 atom stereocenters. The van der Waals surface area contributed by atoms with Crippen LogP contribution in [0.4, 0.5) is 0 Å². The summed E-state index contributed by atoms with van der Waals surface area (Å²) in [6.07, 6.45) is 0.742. The van der Waals surface area contributed by atoms with Crippen molar-refractivity contribution in [1.82, 2.24) is 4.90 Å². The number of benzene rings is 1. The zero-order valence-corrected chi connectivity index (χ0v) is 13.6. The summed E-state index contributed by atoms with van der Waals surface area (Å²) >= 11 is 5.17. The third kappa shape index (κ3) is 4.16. The number of hydrogen-bond acceptors (Lipinski definition) is 3. The second-order valence-corrected chi connectivity index (χ2v) is 6.59. The first kappa shape index (κ1) is 15.2. The number of aromatic carboxylic acids is 1. The Bertz CT molecular complexity index is 597. The molecule has 5 heteroatoms. The summed E-state index contributed by atoms with van der Waals surface area (Å²) in [4.78, 5) is 14.6. The van der Waals surface area contributed by atoms with Crippen LogP contribution >= 0.6 is 27.3 Å². The van der Waals surface area contributed by atoms with Crippen molar-refractivity contribution in [2.24, 2.45) is 0 Å². The van der Waals surface area contributed by atoms with Crippen molar-refractivity contribution < 1.29 is 9.90 Å². The van der Waals surface area contributed by atoms with E-state index in [4.69, 9.17) is 5.11 Å². The third-order valence-electron chi connectivity index (χ3n) is 3.06. The van der Waals surface area contributed by atoms with Gasteiger partial charge in [-0.25, -0.2) is 4.79 Å². The molecule has 0 aliphatic carbocycles. The Hall–Kier alpha value is -1.17. The Kier molecular flexibility index (Phi) is 5.34. The summed E-state index contributed by atoms with van der Waals surface area (Å²) in [5.41, 5.74) is 1.29. The summed E-state index contributed by atoms with van der Waals surface area (Å²) in [5, 5.41) is 11.2. The van der Waals surface area contributed by atoms with Gasteiger partial charge in [0.15, 0.2) is 0 Å². The maximum absolute atomic E-state index is 11.1. The summed E-state index contributed by atoms with van der Waals surface area (Å²) in [5.74, 6) is -0.856. The lowest BCUT2D eigenvalue weighted by atomic mass is 10.0. The van der Waals surface area contributed by atoms with Crippen LogP contribution in [0.1, 0.15) is 20.8 Å². The van der Waals surface area contributed by atoms with E-state index in [1.807, 2.05) is 12.1 Å². The van der Waals surface area contributed by atoms with Crippen LogP contribution in [0.5, 0.6) is 0 Å². The first-order chi connectivity index (χ1) is 9.56. The van der Waals surface area contributed by atoms with Gasteiger partial charge in [0.2, 0.25) is 0 Å². The predicted octanol–water partition coefficient (Wildman–Crippen LogP) is 3.88. The van der Waals surface area contributed by atoms with Gasteiger partial charge in [-0.1, -0.05) is 18.2 Å². The normalized spacial score (nSPS) is 10.9. The molecule has 3 nitrogen and oxygen atoms in total. The minimum absolute atomic E-state index is 0.403. The molecule has 0 unspecified atom stereocenters. The average molecular weight is 354 g/mol. The number of rotatable bonds is 6. The molecule has 0 bridgehead atoms. The molecule has 0 aliphatic rings. The smallest absolute Gasteiger partial charge is 0.335 e. The number of nitrogens with zero attached hydrogens (tertiary/aromatic N) is 1. The van der Waals surface area contributed by atoms with Crippen molar-refractivity contribution >= 4 is 33.2 Å². The van der Waals surface area contributed by atoms with Crippen LogP contribution in [-0.2, 0) is 13.0 Å². The lowest BCUT2D eigenvalue weighted by Gasteiger charge is -2.16.